The highest BCUT2D eigenvalue weighted by molar-refractivity contribution is 5.82. The minimum Gasteiger partial charge on any atom is -0.497 e. The fourth-order valence-corrected chi connectivity index (χ4v) is 2.75. The summed E-state index contributed by atoms with van der Waals surface area (Å²) in [5.74, 6) is -0.194. The van der Waals surface area contributed by atoms with Gasteiger partial charge in [-0.3, -0.25) is 9.59 Å². The van der Waals surface area contributed by atoms with E-state index < -0.39 is 11.4 Å². The number of amides is 1. The number of methoxy groups -OCH3 is 1. The Labute approximate surface area is 118 Å². The molecule has 108 valence electrons. The van der Waals surface area contributed by atoms with Gasteiger partial charge in [-0.2, -0.15) is 0 Å². The molecule has 0 atom stereocenters. The number of likely N-dealkylation sites (tertiary alicyclic amines) is 1. The quantitative estimate of drug-likeness (QED) is 0.912. The van der Waals surface area contributed by atoms with E-state index in [1.165, 1.54) is 6.92 Å². The highest BCUT2D eigenvalue weighted by atomic mass is 16.5. The van der Waals surface area contributed by atoms with Gasteiger partial charge in [-0.25, -0.2) is 0 Å². The van der Waals surface area contributed by atoms with Crippen LogP contribution in [0.4, 0.5) is 0 Å². The molecule has 0 aromatic heterocycles. The molecule has 1 aliphatic heterocycles. The molecule has 20 heavy (non-hydrogen) atoms. The highest BCUT2D eigenvalue weighted by Crippen LogP contribution is 2.37. The van der Waals surface area contributed by atoms with Crippen molar-refractivity contribution in [1.82, 2.24) is 4.90 Å². The van der Waals surface area contributed by atoms with E-state index in [1.807, 2.05) is 6.07 Å². The fraction of sp³-hybridized carbons (Fsp3) is 0.467. The Balaban J connectivity index is 2.32. The molecule has 1 aliphatic rings. The summed E-state index contributed by atoms with van der Waals surface area (Å²) >= 11 is 0. The van der Waals surface area contributed by atoms with Crippen LogP contribution in [0, 0.1) is 0 Å². The molecule has 1 amide bonds. The lowest BCUT2D eigenvalue weighted by Crippen LogP contribution is -2.48. The first-order valence-corrected chi connectivity index (χ1v) is 6.63. The van der Waals surface area contributed by atoms with Crippen molar-refractivity contribution in [2.45, 2.75) is 25.2 Å². The van der Waals surface area contributed by atoms with Gasteiger partial charge in [0, 0.05) is 20.0 Å². The molecule has 0 spiro atoms. The third-order valence-electron chi connectivity index (χ3n) is 4.09. The number of rotatable bonds is 3. The smallest absolute Gasteiger partial charge is 0.314 e. The number of carbonyl (C=O) groups is 2. The van der Waals surface area contributed by atoms with Crippen molar-refractivity contribution in [2.24, 2.45) is 0 Å². The molecule has 1 heterocycles. The van der Waals surface area contributed by atoms with E-state index in [9.17, 15) is 14.7 Å². The Morgan fingerprint density at radius 3 is 2.45 bits per heavy atom. The molecule has 5 heteroatoms. The van der Waals surface area contributed by atoms with Gasteiger partial charge in [0.05, 0.1) is 12.5 Å². The minimum atomic E-state index is -0.930. The molecule has 1 fully saturated rings. The number of nitrogens with zero attached hydrogens (tertiary/aromatic N) is 1. The number of carbonyl (C=O) groups excluding carboxylic acids is 1. The second-order valence-corrected chi connectivity index (χ2v) is 5.13. The maximum absolute atomic E-state index is 11.8. The monoisotopic (exact) mass is 277 g/mol. The average Bonchev–Trinajstić information content (AvgIpc) is 2.47. The van der Waals surface area contributed by atoms with Gasteiger partial charge in [0.15, 0.2) is 0 Å². The van der Waals surface area contributed by atoms with Gasteiger partial charge in [-0.1, -0.05) is 12.1 Å². The van der Waals surface area contributed by atoms with Crippen LogP contribution in [0.1, 0.15) is 25.3 Å². The minimum absolute atomic E-state index is 0.00497. The van der Waals surface area contributed by atoms with Crippen LogP contribution in [0.5, 0.6) is 5.75 Å². The number of carboxylic acids is 1. The molecule has 2 rings (SSSR count). The second kappa shape index (κ2) is 5.53. The molecule has 1 saturated heterocycles. The van der Waals surface area contributed by atoms with Crippen LogP contribution in [0.25, 0.3) is 0 Å². The normalized spacial score (nSPS) is 17.6. The molecule has 0 radical (unpaired) electrons. The van der Waals surface area contributed by atoms with Crippen molar-refractivity contribution in [2.75, 3.05) is 20.2 Å². The van der Waals surface area contributed by atoms with Gasteiger partial charge in [0.2, 0.25) is 5.91 Å². The highest BCUT2D eigenvalue weighted by Gasteiger charge is 2.43. The number of hydrogen-bond acceptors (Lipinski definition) is 3. The zero-order valence-corrected chi connectivity index (χ0v) is 11.8. The maximum Gasteiger partial charge on any atom is 0.314 e. The average molecular weight is 277 g/mol. The first-order chi connectivity index (χ1) is 9.49. The van der Waals surface area contributed by atoms with Gasteiger partial charge in [-0.15, -0.1) is 0 Å². The van der Waals surface area contributed by atoms with E-state index in [4.69, 9.17) is 4.74 Å². The predicted octanol–water partition coefficient (Wildman–Crippen LogP) is 1.66. The number of aliphatic carboxylic acids is 1. The first kappa shape index (κ1) is 14.4. The van der Waals surface area contributed by atoms with Crippen LogP contribution in [-0.4, -0.2) is 42.1 Å². The van der Waals surface area contributed by atoms with Gasteiger partial charge in [0.25, 0.3) is 0 Å². The van der Waals surface area contributed by atoms with Crippen LogP contribution in [0.15, 0.2) is 24.3 Å². The van der Waals surface area contributed by atoms with E-state index in [0.29, 0.717) is 31.7 Å². The lowest BCUT2D eigenvalue weighted by Gasteiger charge is -2.39. The van der Waals surface area contributed by atoms with Gasteiger partial charge < -0.3 is 14.7 Å². The zero-order valence-electron chi connectivity index (χ0n) is 11.8. The zero-order chi connectivity index (χ0) is 14.8. The SMILES string of the molecule is COc1cccc(C2(C(=O)O)CCN(C(C)=O)CC2)c1. The summed E-state index contributed by atoms with van der Waals surface area (Å²) in [6.07, 6.45) is 0.851. The summed E-state index contributed by atoms with van der Waals surface area (Å²) in [7, 11) is 1.56. The van der Waals surface area contributed by atoms with Crippen molar-refractivity contribution >= 4 is 11.9 Å². The Hall–Kier alpha value is -2.04. The summed E-state index contributed by atoms with van der Waals surface area (Å²) < 4.78 is 5.17. The van der Waals surface area contributed by atoms with E-state index in [-0.39, 0.29) is 5.91 Å². The number of ether oxygens (including phenoxy) is 1. The van der Waals surface area contributed by atoms with E-state index >= 15 is 0 Å². The molecule has 1 N–H and O–H groups in total. The Morgan fingerprint density at radius 1 is 1.30 bits per heavy atom. The molecule has 1 aromatic rings. The van der Waals surface area contributed by atoms with E-state index in [0.717, 1.165) is 5.56 Å². The topological polar surface area (TPSA) is 66.8 Å². The van der Waals surface area contributed by atoms with Crippen molar-refractivity contribution in [3.8, 4) is 5.75 Å². The second-order valence-electron chi connectivity index (χ2n) is 5.13. The van der Waals surface area contributed by atoms with E-state index in [2.05, 4.69) is 0 Å². The van der Waals surface area contributed by atoms with Crippen LogP contribution in [0.2, 0.25) is 0 Å². The van der Waals surface area contributed by atoms with Crippen LogP contribution in [-0.2, 0) is 15.0 Å². The summed E-state index contributed by atoms with van der Waals surface area (Å²) in [6, 6.07) is 7.19. The van der Waals surface area contributed by atoms with Crippen molar-refractivity contribution < 1.29 is 19.4 Å². The molecule has 0 aliphatic carbocycles. The summed E-state index contributed by atoms with van der Waals surface area (Å²) in [5, 5.41) is 9.69. The Kier molecular flexibility index (Phi) is 3.97. The summed E-state index contributed by atoms with van der Waals surface area (Å²) in [4.78, 5) is 24.9. The molecule has 0 unspecified atom stereocenters. The Morgan fingerprint density at radius 2 is 1.95 bits per heavy atom. The largest absolute Gasteiger partial charge is 0.497 e. The first-order valence-electron chi connectivity index (χ1n) is 6.63. The molecule has 0 saturated carbocycles. The van der Waals surface area contributed by atoms with Crippen LogP contribution < -0.4 is 4.74 Å². The molecular formula is C15H19NO4. The summed E-state index contributed by atoms with van der Waals surface area (Å²) in [6.45, 7) is 2.46. The lowest BCUT2D eigenvalue weighted by molar-refractivity contribution is -0.148. The Bertz CT molecular complexity index is 518. The lowest BCUT2D eigenvalue weighted by atomic mass is 9.72. The van der Waals surface area contributed by atoms with Gasteiger partial charge >= 0.3 is 5.97 Å². The third-order valence-corrected chi connectivity index (χ3v) is 4.09. The number of benzene rings is 1. The predicted molar refractivity (Wildman–Crippen MR) is 73.8 cm³/mol. The van der Waals surface area contributed by atoms with Gasteiger partial charge in [0.1, 0.15) is 5.75 Å². The fourth-order valence-electron chi connectivity index (χ4n) is 2.75. The van der Waals surface area contributed by atoms with Crippen molar-refractivity contribution in [3.63, 3.8) is 0 Å². The molecule has 0 bridgehead atoms. The third kappa shape index (κ3) is 2.48. The number of piperidine rings is 1. The standard InChI is InChI=1S/C15H19NO4/c1-11(17)16-8-6-15(7-9-16,14(18)19)12-4-3-5-13(10-12)20-2/h3-5,10H,6-9H2,1-2H3,(H,18,19). The van der Waals surface area contributed by atoms with Crippen molar-refractivity contribution in [1.29, 1.82) is 0 Å². The summed E-state index contributed by atoms with van der Waals surface area (Å²) in [5.41, 5.74) is -0.187. The van der Waals surface area contributed by atoms with Crippen LogP contribution >= 0.6 is 0 Å². The molecule has 5 nitrogen and oxygen atoms in total. The molecular weight excluding hydrogens is 258 g/mol. The van der Waals surface area contributed by atoms with Gasteiger partial charge in [-0.05, 0) is 30.5 Å². The number of carboxylic acid groups (broad SMARTS) is 1. The van der Waals surface area contributed by atoms with Crippen molar-refractivity contribution in [3.05, 3.63) is 29.8 Å². The molecule has 1 aromatic carbocycles. The number of hydrogen-bond donors (Lipinski definition) is 1. The van der Waals surface area contributed by atoms with Crippen LogP contribution in [0.3, 0.4) is 0 Å². The van der Waals surface area contributed by atoms with E-state index in [1.54, 1.807) is 30.2 Å². The maximum atomic E-state index is 11.8.